The summed E-state index contributed by atoms with van der Waals surface area (Å²) in [5.41, 5.74) is 1.02. The van der Waals surface area contributed by atoms with Gasteiger partial charge in [-0.05, 0) is 43.3 Å². The molecule has 0 radical (unpaired) electrons. The van der Waals surface area contributed by atoms with Crippen LogP contribution in [-0.2, 0) is 26.1 Å². The third-order valence-electron chi connectivity index (χ3n) is 6.05. The molecule has 0 N–H and O–H groups in total. The van der Waals surface area contributed by atoms with Gasteiger partial charge in [-0.1, -0.05) is 23.8 Å². The van der Waals surface area contributed by atoms with Crippen molar-refractivity contribution >= 4 is 27.3 Å². The molecule has 1 atom stereocenters. The van der Waals surface area contributed by atoms with Crippen LogP contribution in [-0.4, -0.2) is 80.4 Å². The first-order chi connectivity index (χ1) is 15.4. The van der Waals surface area contributed by atoms with Gasteiger partial charge in [0.1, 0.15) is 0 Å². The maximum Gasteiger partial charge on any atom is 0.243 e. The van der Waals surface area contributed by atoms with Gasteiger partial charge < -0.3 is 9.64 Å². The van der Waals surface area contributed by atoms with Crippen molar-refractivity contribution in [3.63, 3.8) is 0 Å². The highest BCUT2D eigenvalue weighted by Crippen LogP contribution is 2.20. The lowest BCUT2D eigenvalue weighted by Gasteiger charge is -2.35. The number of piperazine rings is 1. The first-order valence-electron chi connectivity index (χ1n) is 11.1. The lowest BCUT2D eigenvalue weighted by molar-refractivity contribution is -0.134. The van der Waals surface area contributed by atoms with Gasteiger partial charge in [-0.3, -0.25) is 9.69 Å². The van der Waals surface area contributed by atoms with Gasteiger partial charge in [0.05, 0.1) is 17.5 Å². The van der Waals surface area contributed by atoms with Crippen molar-refractivity contribution in [2.24, 2.45) is 0 Å². The first-order valence-corrected chi connectivity index (χ1v) is 13.4. The fourth-order valence-corrected chi connectivity index (χ4v) is 6.38. The van der Waals surface area contributed by atoms with Crippen LogP contribution in [0.25, 0.3) is 0 Å². The Morgan fingerprint density at radius 2 is 1.91 bits per heavy atom. The van der Waals surface area contributed by atoms with Crippen LogP contribution in [0.5, 0.6) is 0 Å². The number of amides is 1. The summed E-state index contributed by atoms with van der Waals surface area (Å²) in [5.74, 6) is 0.0481. The van der Waals surface area contributed by atoms with Crippen LogP contribution < -0.4 is 0 Å². The van der Waals surface area contributed by atoms with Gasteiger partial charge in [-0.15, -0.1) is 11.3 Å². The zero-order valence-electron chi connectivity index (χ0n) is 18.5. The number of benzene rings is 1. The predicted molar refractivity (Wildman–Crippen MR) is 125 cm³/mol. The van der Waals surface area contributed by atoms with E-state index in [1.54, 1.807) is 28.4 Å². The molecule has 1 aromatic heterocycles. The number of sulfonamides is 1. The largest absolute Gasteiger partial charge is 0.377 e. The van der Waals surface area contributed by atoms with Gasteiger partial charge in [-0.25, -0.2) is 8.42 Å². The number of nitrogens with zero attached hydrogens (tertiary/aromatic N) is 3. The highest BCUT2D eigenvalue weighted by molar-refractivity contribution is 7.89. The van der Waals surface area contributed by atoms with Crippen molar-refractivity contribution in [1.29, 1.82) is 0 Å². The summed E-state index contributed by atoms with van der Waals surface area (Å²) >= 11 is 1.69. The Hall–Kier alpha value is -1.78. The van der Waals surface area contributed by atoms with Crippen molar-refractivity contribution in [2.45, 2.75) is 37.3 Å². The Balaban J connectivity index is 1.34. The van der Waals surface area contributed by atoms with Crippen molar-refractivity contribution in [3.8, 4) is 0 Å². The second kappa shape index (κ2) is 10.4. The zero-order valence-corrected chi connectivity index (χ0v) is 20.1. The quantitative estimate of drug-likeness (QED) is 0.585. The molecule has 2 aliphatic rings. The summed E-state index contributed by atoms with van der Waals surface area (Å²) in [5, 5.41) is 2.05. The fraction of sp³-hybridized carbons (Fsp3) is 0.522. The summed E-state index contributed by atoms with van der Waals surface area (Å²) in [6, 6.07) is 11.0. The number of aryl methyl sites for hydroxylation is 1. The van der Waals surface area contributed by atoms with Crippen LogP contribution in [0.3, 0.4) is 0 Å². The molecule has 3 heterocycles. The molecule has 32 heavy (non-hydrogen) atoms. The lowest BCUT2D eigenvalue weighted by Crippen LogP contribution is -2.52. The Morgan fingerprint density at radius 3 is 2.53 bits per heavy atom. The minimum Gasteiger partial charge on any atom is -0.377 e. The van der Waals surface area contributed by atoms with Crippen LogP contribution in [0.15, 0.2) is 46.7 Å². The van der Waals surface area contributed by atoms with Crippen LogP contribution in [0.2, 0.25) is 0 Å². The van der Waals surface area contributed by atoms with Crippen molar-refractivity contribution in [2.75, 3.05) is 45.9 Å². The van der Waals surface area contributed by atoms with E-state index in [9.17, 15) is 13.2 Å². The highest BCUT2D eigenvalue weighted by Gasteiger charge is 2.31. The third kappa shape index (κ3) is 5.77. The van der Waals surface area contributed by atoms with E-state index in [1.165, 1.54) is 9.18 Å². The lowest BCUT2D eigenvalue weighted by atomic mass is 10.2. The molecule has 4 rings (SSSR count). The number of hydrogen-bond acceptors (Lipinski definition) is 6. The molecule has 0 spiro atoms. The summed E-state index contributed by atoms with van der Waals surface area (Å²) in [4.78, 5) is 18.5. The number of carbonyl (C=O) groups excluding carboxylic acids is 1. The molecule has 0 bridgehead atoms. The molecule has 7 nitrogen and oxygen atoms in total. The Kier molecular flexibility index (Phi) is 7.63. The van der Waals surface area contributed by atoms with E-state index in [-0.39, 0.29) is 12.0 Å². The Bertz CT molecular complexity index is 979. The minimum absolute atomic E-state index is 0.0481. The number of rotatable bonds is 8. The fourth-order valence-electron chi connectivity index (χ4n) is 4.21. The standard InChI is InChI=1S/C23H31N3O4S2/c1-19-6-8-22(9-7-19)32(28,29)26-12-10-25(11-13-26)23(27)18-24(16-20-4-2-14-30-20)17-21-5-3-15-31-21/h3,5-9,15,20H,2,4,10-14,16-18H2,1H3/t20-/m1/s1. The monoisotopic (exact) mass is 477 g/mol. The van der Waals surface area contributed by atoms with E-state index < -0.39 is 10.0 Å². The van der Waals surface area contributed by atoms with Gasteiger partial charge >= 0.3 is 0 Å². The molecule has 174 valence electrons. The van der Waals surface area contributed by atoms with Crippen LogP contribution in [0.1, 0.15) is 23.3 Å². The molecule has 1 amide bonds. The number of thiophene rings is 1. The van der Waals surface area contributed by atoms with Crippen LogP contribution >= 0.6 is 11.3 Å². The molecule has 2 fully saturated rings. The molecular weight excluding hydrogens is 446 g/mol. The Morgan fingerprint density at radius 1 is 1.16 bits per heavy atom. The molecule has 2 saturated heterocycles. The second-order valence-corrected chi connectivity index (χ2v) is 11.5. The van der Waals surface area contributed by atoms with Gasteiger partial charge in [0.2, 0.25) is 15.9 Å². The zero-order chi connectivity index (χ0) is 22.6. The third-order valence-corrected chi connectivity index (χ3v) is 8.83. The maximum absolute atomic E-state index is 13.1. The molecule has 2 aliphatic heterocycles. The molecule has 9 heteroatoms. The number of hydrogen-bond donors (Lipinski definition) is 0. The van der Waals surface area contributed by atoms with Crippen LogP contribution in [0, 0.1) is 6.92 Å². The van der Waals surface area contributed by atoms with Gasteiger partial charge in [-0.2, -0.15) is 4.31 Å². The van der Waals surface area contributed by atoms with E-state index in [0.29, 0.717) is 37.6 Å². The molecule has 0 unspecified atom stereocenters. The average molecular weight is 478 g/mol. The van der Waals surface area contributed by atoms with Crippen molar-refractivity contribution < 1.29 is 17.9 Å². The molecule has 0 aliphatic carbocycles. The summed E-state index contributed by atoms with van der Waals surface area (Å²) < 4.78 is 33.1. The Labute approximate surface area is 194 Å². The van der Waals surface area contributed by atoms with Crippen molar-refractivity contribution in [3.05, 3.63) is 52.2 Å². The second-order valence-electron chi connectivity index (χ2n) is 8.48. The van der Waals surface area contributed by atoms with Crippen LogP contribution in [0.4, 0.5) is 0 Å². The number of ether oxygens (including phenoxy) is 1. The predicted octanol–water partition coefficient (Wildman–Crippen LogP) is 2.57. The normalized spacial score (nSPS) is 20.2. The molecular formula is C23H31N3O4S2. The molecule has 1 aromatic carbocycles. The minimum atomic E-state index is -3.53. The van der Waals surface area contributed by atoms with Gasteiger partial charge in [0.15, 0.2) is 0 Å². The van der Waals surface area contributed by atoms with E-state index in [4.69, 9.17) is 4.74 Å². The summed E-state index contributed by atoms with van der Waals surface area (Å²) in [6.45, 7) is 5.98. The van der Waals surface area contributed by atoms with E-state index >= 15 is 0 Å². The van der Waals surface area contributed by atoms with E-state index in [0.717, 1.165) is 38.1 Å². The summed E-state index contributed by atoms with van der Waals surface area (Å²) in [7, 11) is -3.53. The smallest absolute Gasteiger partial charge is 0.243 e. The van der Waals surface area contributed by atoms with Gasteiger partial charge in [0, 0.05) is 50.8 Å². The maximum atomic E-state index is 13.1. The molecule has 0 saturated carbocycles. The van der Waals surface area contributed by atoms with Crippen molar-refractivity contribution in [1.82, 2.24) is 14.1 Å². The SMILES string of the molecule is Cc1ccc(S(=O)(=O)N2CCN(C(=O)CN(Cc3cccs3)C[C@H]3CCCO3)CC2)cc1. The first kappa shape index (κ1) is 23.4. The highest BCUT2D eigenvalue weighted by atomic mass is 32.2. The molecule has 2 aromatic rings. The summed E-state index contributed by atoms with van der Waals surface area (Å²) in [6.07, 6.45) is 2.28. The average Bonchev–Trinajstić information content (AvgIpc) is 3.48. The van der Waals surface area contributed by atoms with Gasteiger partial charge in [0.25, 0.3) is 0 Å². The topological polar surface area (TPSA) is 70.2 Å². The van der Waals surface area contributed by atoms with E-state index in [2.05, 4.69) is 16.3 Å². The number of carbonyl (C=O) groups is 1. The van der Waals surface area contributed by atoms with E-state index in [1.807, 2.05) is 25.1 Å².